The van der Waals surface area contributed by atoms with Crippen LogP contribution in [0, 0.1) is 17.8 Å². The van der Waals surface area contributed by atoms with Crippen LogP contribution in [-0.2, 0) is 15.9 Å². The average Bonchev–Trinajstić information content (AvgIpc) is 3.66. The van der Waals surface area contributed by atoms with Crippen molar-refractivity contribution in [1.29, 1.82) is 0 Å². The molecule has 5 aromatic rings. The number of rotatable bonds is 4. The molecule has 2 fully saturated rings. The summed E-state index contributed by atoms with van der Waals surface area (Å²) in [5.41, 5.74) is 3.77. The van der Waals surface area contributed by atoms with E-state index in [0.29, 0.717) is 17.0 Å². The molecule has 0 N–H and O–H groups in total. The van der Waals surface area contributed by atoms with E-state index in [1.807, 2.05) is 36.4 Å². The van der Waals surface area contributed by atoms with E-state index in [9.17, 15) is 9.59 Å². The zero-order chi connectivity index (χ0) is 26.8. The molecule has 40 heavy (non-hydrogen) atoms. The van der Waals surface area contributed by atoms with Crippen LogP contribution in [0.25, 0.3) is 21.5 Å². The van der Waals surface area contributed by atoms with Gasteiger partial charge >= 0.3 is 11.9 Å². The Morgan fingerprint density at radius 3 is 1.88 bits per heavy atom. The second-order valence-corrected chi connectivity index (χ2v) is 11.5. The number of carbonyl (C=O) groups excluding carboxylic acids is 2. The quantitative estimate of drug-likeness (QED) is 0.182. The SMILES string of the molecule is O=C(OC1C2CC(C1OC(=O)c1ccccc1)[C@@H]1Cc3cc4c(ccc5ccccc54)cc3C21)c1ccccc1. The molecule has 4 heteroatoms. The smallest absolute Gasteiger partial charge is 0.338 e. The lowest BCUT2D eigenvalue weighted by Crippen LogP contribution is -2.45. The van der Waals surface area contributed by atoms with Crippen LogP contribution in [0.2, 0.25) is 0 Å². The summed E-state index contributed by atoms with van der Waals surface area (Å²) in [5.74, 6) is 0.181. The van der Waals surface area contributed by atoms with Crippen LogP contribution >= 0.6 is 0 Å². The Labute approximate surface area is 232 Å². The maximum absolute atomic E-state index is 13.3. The highest BCUT2D eigenvalue weighted by Crippen LogP contribution is 2.63. The molecule has 196 valence electrons. The molecule has 0 radical (unpaired) electrons. The minimum Gasteiger partial charge on any atom is -0.455 e. The van der Waals surface area contributed by atoms with Crippen LogP contribution in [0.1, 0.15) is 44.2 Å². The van der Waals surface area contributed by atoms with Gasteiger partial charge in [-0.15, -0.1) is 0 Å². The van der Waals surface area contributed by atoms with E-state index in [1.54, 1.807) is 24.3 Å². The van der Waals surface area contributed by atoms with Gasteiger partial charge in [-0.3, -0.25) is 0 Å². The summed E-state index contributed by atoms with van der Waals surface area (Å²) in [7, 11) is 0. The minimum atomic E-state index is -0.482. The third kappa shape index (κ3) is 3.59. The van der Waals surface area contributed by atoms with Gasteiger partial charge in [-0.2, -0.15) is 0 Å². The molecule has 0 amide bonds. The van der Waals surface area contributed by atoms with Crippen molar-refractivity contribution in [2.45, 2.75) is 31.0 Å². The number of hydrogen-bond acceptors (Lipinski definition) is 4. The molecule has 3 aliphatic rings. The Morgan fingerprint density at radius 2 is 1.18 bits per heavy atom. The number of fused-ring (bicyclic) bond motifs is 10. The van der Waals surface area contributed by atoms with Crippen molar-refractivity contribution in [2.75, 3.05) is 0 Å². The molecule has 0 saturated heterocycles. The molecule has 0 spiro atoms. The second kappa shape index (κ2) is 9.06. The third-order valence-electron chi connectivity index (χ3n) is 9.51. The molecule has 0 heterocycles. The molecule has 5 aromatic carbocycles. The van der Waals surface area contributed by atoms with E-state index in [1.165, 1.54) is 32.7 Å². The van der Waals surface area contributed by atoms with Gasteiger partial charge in [0.25, 0.3) is 0 Å². The topological polar surface area (TPSA) is 52.6 Å². The van der Waals surface area contributed by atoms with Crippen LogP contribution in [0.15, 0.2) is 109 Å². The van der Waals surface area contributed by atoms with E-state index in [4.69, 9.17) is 9.47 Å². The number of hydrogen-bond donors (Lipinski definition) is 0. The molecule has 0 aromatic heterocycles. The first kappa shape index (κ1) is 23.4. The molecule has 4 nitrogen and oxygen atoms in total. The first-order chi connectivity index (χ1) is 19.7. The van der Waals surface area contributed by atoms with Gasteiger partial charge in [0.1, 0.15) is 12.2 Å². The summed E-state index contributed by atoms with van der Waals surface area (Å²) in [6.07, 6.45) is 0.907. The lowest BCUT2D eigenvalue weighted by atomic mass is 9.76. The van der Waals surface area contributed by atoms with Gasteiger partial charge in [-0.25, -0.2) is 9.59 Å². The summed E-state index contributed by atoms with van der Waals surface area (Å²) in [5, 5.41) is 5.04. The largest absolute Gasteiger partial charge is 0.455 e. The lowest BCUT2D eigenvalue weighted by molar-refractivity contribution is -0.0698. The van der Waals surface area contributed by atoms with E-state index in [0.717, 1.165) is 12.8 Å². The average molecular weight is 525 g/mol. The highest BCUT2D eigenvalue weighted by molar-refractivity contribution is 6.08. The molecular formula is C36H28O4. The lowest BCUT2D eigenvalue weighted by Gasteiger charge is -2.37. The van der Waals surface area contributed by atoms with E-state index in [-0.39, 0.29) is 29.7 Å². The van der Waals surface area contributed by atoms with Crippen molar-refractivity contribution in [2.24, 2.45) is 17.8 Å². The molecule has 8 rings (SSSR count). The van der Waals surface area contributed by atoms with Gasteiger partial charge in [0.15, 0.2) is 0 Å². The zero-order valence-corrected chi connectivity index (χ0v) is 21.9. The molecule has 5 unspecified atom stereocenters. The predicted octanol–water partition coefficient (Wildman–Crippen LogP) is 7.35. The van der Waals surface area contributed by atoms with Gasteiger partial charge < -0.3 is 9.47 Å². The summed E-state index contributed by atoms with van der Waals surface area (Å²) >= 11 is 0. The number of ether oxygens (including phenoxy) is 2. The summed E-state index contributed by atoms with van der Waals surface area (Å²) in [6, 6.07) is 35.9. The fourth-order valence-corrected chi connectivity index (χ4v) is 7.86. The highest BCUT2D eigenvalue weighted by atomic mass is 16.6. The standard InChI is InChI=1S/C36H28O4/c37-35(22-10-3-1-4-11-22)39-33-30-20-31(34(33)40-36(38)23-12-5-2-6-13-23)32-28-17-24-16-15-21-9-7-8-14-26(21)27(24)18-25(28)19-29(30)32/h1-18,29-34H,19-20H2/t29-,30?,31?,32?,33?,34?/m0/s1. The van der Waals surface area contributed by atoms with Crippen molar-refractivity contribution >= 4 is 33.5 Å². The van der Waals surface area contributed by atoms with Gasteiger partial charge in [-0.05, 0) is 81.6 Å². The van der Waals surface area contributed by atoms with Crippen LogP contribution in [-0.4, -0.2) is 24.1 Å². The van der Waals surface area contributed by atoms with E-state index < -0.39 is 12.2 Å². The minimum absolute atomic E-state index is 0.107. The first-order valence-electron chi connectivity index (χ1n) is 14.1. The Bertz CT molecular complexity index is 1780. The number of esters is 2. The molecule has 0 aliphatic heterocycles. The van der Waals surface area contributed by atoms with Crippen LogP contribution < -0.4 is 0 Å². The van der Waals surface area contributed by atoms with Crippen molar-refractivity contribution in [3.8, 4) is 0 Å². The fourth-order valence-electron chi connectivity index (χ4n) is 7.86. The van der Waals surface area contributed by atoms with Gasteiger partial charge in [0, 0.05) is 11.8 Å². The second-order valence-electron chi connectivity index (χ2n) is 11.5. The highest BCUT2D eigenvalue weighted by Gasteiger charge is 2.63. The number of carbonyl (C=O) groups is 2. The van der Waals surface area contributed by atoms with E-state index in [2.05, 4.69) is 48.5 Å². The van der Waals surface area contributed by atoms with Gasteiger partial charge in [-0.1, -0.05) is 84.9 Å². The maximum atomic E-state index is 13.3. The zero-order valence-electron chi connectivity index (χ0n) is 21.9. The van der Waals surface area contributed by atoms with Gasteiger partial charge in [0.2, 0.25) is 0 Å². The van der Waals surface area contributed by atoms with E-state index >= 15 is 0 Å². The Morgan fingerprint density at radius 1 is 0.575 bits per heavy atom. The molecule has 2 bridgehead atoms. The summed E-state index contributed by atoms with van der Waals surface area (Å²) in [4.78, 5) is 26.5. The van der Waals surface area contributed by atoms with Crippen molar-refractivity contribution < 1.29 is 19.1 Å². The normalized spacial score (nSPS) is 26.0. The van der Waals surface area contributed by atoms with Crippen molar-refractivity contribution in [3.63, 3.8) is 0 Å². The first-order valence-corrected chi connectivity index (χ1v) is 14.1. The van der Waals surface area contributed by atoms with Crippen LogP contribution in [0.5, 0.6) is 0 Å². The predicted molar refractivity (Wildman–Crippen MR) is 154 cm³/mol. The Kier molecular flexibility index (Phi) is 5.31. The number of benzene rings is 5. The van der Waals surface area contributed by atoms with Gasteiger partial charge in [0.05, 0.1) is 11.1 Å². The molecular weight excluding hydrogens is 496 g/mol. The summed E-state index contributed by atoms with van der Waals surface area (Å²) in [6.45, 7) is 0. The molecule has 3 aliphatic carbocycles. The molecule has 2 saturated carbocycles. The van der Waals surface area contributed by atoms with Crippen LogP contribution in [0.4, 0.5) is 0 Å². The van der Waals surface area contributed by atoms with Crippen LogP contribution in [0.3, 0.4) is 0 Å². The fraction of sp³-hybridized carbons (Fsp3) is 0.222. The monoisotopic (exact) mass is 524 g/mol. The van der Waals surface area contributed by atoms with Crippen molar-refractivity contribution in [3.05, 3.63) is 131 Å². The van der Waals surface area contributed by atoms with Crippen molar-refractivity contribution in [1.82, 2.24) is 0 Å². The maximum Gasteiger partial charge on any atom is 0.338 e. The third-order valence-corrected chi connectivity index (χ3v) is 9.51. The molecule has 6 atom stereocenters. The Balaban J connectivity index is 1.17. The summed E-state index contributed by atoms with van der Waals surface area (Å²) < 4.78 is 12.4. The Hall–Kier alpha value is -4.44.